The van der Waals surface area contributed by atoms with Crippen LogP contribution in [0.5, 0.6) is 0 Å². The van der Waals surface area contributed by atoms with Gasteiger partial charge in [0.05, 0.1) is 16.5 Å². The Morgan fingerprint density at radius 1 is 1.26 bits per heavy atom. The average Bonchev–Trinajstić information content (AvgIpc) is 2.82. The zero-order valence-electron chi connectivity index (χ0n) is 11.5. The van der Waals surface area contributed by atoms with Crippen molar-refractivity contribution in [3.8, 4) is 0 Å². The van der Waals surface area contributed by atoms with E-state index in [-0.39, 0.29) is 0 Å². The summed E-state index contributed by atoms with van der Waals surface area (Å²) in [5.74, 6) is 1.19. The van der Waals surface area contributed by atoms with Crippen molar-refractivity contribution < 1.29 is 18.1 Å². The van der Waals surface area contributed by atoms with E-state index < -0.39 is 24.0 Å². The summed E-state index contributed by atoms with van der Waals surface area (Å²) < 4.78 is 30.8. The molecule has 19 heavy (non-hydrogen) atoms. The standard InChI is InChI=1S/C13H17BBrFO3/c1-12(2)13(3,4)19-14(18-12)11(16)7-9-5-6-10(8-15)17-9/h5-7H,8H2,1-4H3. The molecule has 1 aliphatic rings. The molecule has 3 nitrogen and oxygen atoms in total. The Hall–Kier alpha value is -0.585. The molecular weight excluding hydrogens is 314 g/mol. The van der Waals surface area contributed by atoms with E-state index in [9.17, 15) is 4.39 Å². The van der Waals surface area contributed by atoms with Gasteiger partial charge in [-0.1, -0.05) is 15.9 Å². The molecular formula is C13H17BBrFO3. The summed E-state index contributed by atoms with van der Waals surface area (Å²) in [6.07, 6.45) is 1.30. The number of halogens is 2. The van der Waals surface area contributed by atoms with Crippen LogP contribution in [0.3, 0.4) is 0 Å². The van der Waals surface area contributed by atoms with Gasteiger partial charge in [-0.2, -0.15) is 0 Å². The van der Waals surface area contributed by atoms with Crippen molar-refractivity contribution in [2.45, 2.75) is 44.2 Å². The lowest BCUT2D eigenvalue weighted by molar-refractivity contribution is 0.00578. The van der Waals surface area contributed by atoms with Crippen LogP contribution < -0.4 is 0 Å². The van der Waals surface area contributed by atoms with Crippen molar-refractivity contribution in [3.05, 3.63) is 29.4 Å². The van der Waals surface area contributed by atoms with Gasteiger partial charge in [0.15, 0.2) is 0 Å². The third-order valence-electron chi connectivity index (χ3n) is 3.57. The molecule has 0 spiro atoms. The molecule has 0 radical (unpaired) electrons. The Kier molecular flexibility index (Phi) is 3.96. The number of hydrogen-bond donors (Lipinski definition) is 0. The third-order valence-corrected chi connectivity index (χ3v) is 4.13. The zero-order valence-corrected chi connectivity index (χ0v) is 13.1. The lowest BCUT2D eigenvalue weighted by Gasteiger charge is -2.32. The minimum absolute atomic E-state index is 0.446. The van der Waals surface area contributed by atoms with Crippen LogP contribution in [0.15, 0.2) is 22.3 Å². The fraction of sp³-hybridized carbons (Fsp3) is 0.538. The minimum Gasteiger partial charge on any atom is -0.461 e. The lowest BCUT2D eigenvalue weighted by atomic mass is 9.87. The van der Waals surface area contributed by atoms with Gasteiger partial charge in [-0.25, -0.2) is 4.39 Å². The summed E-state index contributed by atoms with van der Waals surface area (Å²) in [7, 11) is -0.984. The Morgan fingerprint density at radius 3 is 2.32 bits per heavy atom. The second-order valence-corrected chi connectivity index (χ2v) is 6.12. The maximum Gasteiger partial charge on any atom is 0.525 e. The SMILES string of the molecule is CC1(C)OB(C(F)=Cc2ccc(CBr)o2)OC1(C)C. The molecule has 2 heterocycles. The van der Waals surface area contributed by atoms with Gasteiger partial charge in [0.2, 0.25) is 0 Å². The van der Waals surface area contributed by atoms with Gasteiger partial charge < -0.3 is 13.7 Å². The van der Waals surface area contributed by atoms with Crippen LogP contribution in [0.25, 0.3) is 6.08 Å². The zero-order chi connectivity index (χ0) is 14.3. The van der Waals surface area contributed by atoms with Crippen LogP contribution >= 0.6 is 15.9 Å². The maximum absolute atomic E-state index is 14.1. The first-order chi connectivity index (χ1) is 8.75. The van der Waals surface area contributed by atoms with E-state index in [1.54, 1.807) is 12.1 Å². The topological polar surface area (TPSA) is 31.6 Å². The van der Waals surface area contributed by atoms with Gasteiger partial charge in [-0.15, -0.1) is 0 Å². The molecule has 1 aliphatic heterocycles. The molecule has 0 atom stereocenters. The summed E-state index contributed by atoms with van der Waals surface area (Å²) >= 11 is 3.28. The molecule has 0 bridgehead atoms. The minimum atomic E-state index is -0.984. The van der Waals surface area contributed by atoms with Gasteiger partial charge in [-0.05, 0) is 39.8 Å². The number of hydrogen-bond acceptors (Lipinski definition) is 3. The first kappa shape index (κ1) is 14.8. The molecule has 1 aromatic rings. The molecule has 104 valence electrons. The van der Waals surface area contributed by atoms with E-state index in [1.165, 1.54) is 6.08 Å². The fourth-order valence-electron chi connectivity index (χ4n) is 1.70. The van der Waals surface area contributed by atoms with Crippen molar-refractivity contribution >= 4 is 29.1 Å². The predicted octanol–water partition coefficient (Wildman–Crippen LogP) is 4.12. The normalized spacial score (nSPS) is 22.0. The van der Waals surface area contributed by atoms with Gasteiger partial charge in [0.1, 0.15) is 17.2 Å². The molecule has 1 aromatic heterocycles. The molecule has 6 heteroatoms. The number of alkyl halides is 1. The average molecular weight is 331 g/mol. The van der Waals surface area contributed by atoms with Crippen LogP contribution in [-0.2, 0) is 14.6 Å². The van der Waals surface area contributed by atoms with Crippen LogP contribution in [-0.4, -0.2) is 18.3 Å². The molecule has 0 aromatic carbocycles. The second-order valence-electron chi connectivity index (χ2n) is 5.56. The first-order valence-electron chi connectivity index (χ1n) is 6.12. The molecule has 0 N–H and O–H groups in total. The molecule has 1 saturated heterocycles. The van der Waals surface area contributed by atoms with Crippen LogP contribution in [0.1, 0.15) is 39.2 Å². The summed E-state index contributed by atoms with van der Waals surface area (Å²) in [6, 6.07) is 3.50. The Balaban J connectivity index is 2.15. The monoisotopic (exact) mass is 330 g/mol. The van der Waals surface area contributed by atoms with Crippen LogP contribution in [0, 0.1) is 0 Å². The van der Waals surface area contributed by atoms with E-state index in [0.29, 0.717) is 11.1 Å². The van der Waals surface area contributed by atoms with Gasteiger partial charge in [0.25, 0.3) is 0 Å². The van der Waals surface area contributed by atoms with Crippen LogP contribution in [0.2, 0.25) is 0 Å². The number of rotatable bonds is 3. The highest BCUT2D eigenvalue weighted by Crippen LogP contribution is 2.39. The van der Waals surface area contributed by atoms with Crippen molar-refractivity contribution in [1.82, 2.24) is 0 Å². The maximum atomic E-state index is 14.1. The summed E-state index contributed by atoms with van der Waals surface area (Å²) in [5.41, 5.74) is -1.59. The van der Waals surface area contributed by atoms with Crippen molar-refractivity contribution in [2.75, 3.05) is 0 Å². The first-order valence-corrected chi connectivity index (χ1v) is 7.25. The molecule has 0 amide bonds. The Labute approximate surface area is 121 Å². The highest BCUT2D eigenvalue weighted by molar-refractivity contribution is 9.08. The van der Waals surface area contributed by atoms with Gasteiger partial charge in [-0.3, -0.25) is 0 Å². The molecule has 0 aliphatic carbocycles. The van der Waals surface area contributed by atoms with E-state index >= 15 is 0 Å². The molecule has 0 unspecified atom stereocenters. The Bertz CT molecular complexity index is 480. The third kappa shape index (κ3) is 2.96. The molecule has 0 saturated carbocycles. The van der Waals surface area contributed by atoms with Crippen LogP contribution in [0.4, 0.5) is 4.39 Å². The Morgan fingerprint density at radius 2 is 1.84 bits per heavy atom. The van der Waals surface area contributed by atoms with Crippen molar-refractivity contribution in [2.24, 2.45) is 0 Å². The smallest absolute Gasteiger partial charge is 0.461 e. The highest BCUT2D eigenvalue weighted by atomic mass is 79.9. The molecule has 1 fully saturated rings. The summed E-state index contributed by atoms with van der Waals surface area (Å²) in [6.45, 7) is 7.54. The second kappa shape index (κ2) is 5.07. The fourth-order valence-corrected chi connectivity index (χ4v) is 2.00. The van der Waals surface area contributed by atoms with E-state index in [4.69, 9.17) is 13.7 Å². The largest absolute Gasteiger partial charge is 0.525 e. The predicted molar refractivity (Wildman–Crippen MR) is 76.5 cm³/mol. The summed E-state index contributed by atoms with van der Waals surface area (Å²) in [5, 5.41) is 0.596. The number of furan rings is 1. The van der Waals surface area contributed by atoms with Gasteiger partial charge in [0, 0.05) is 6.08 Å². The molecule has 2 rings (SSSR count). The quantitative estimate of drug-likeness (QED) is 0.617. The van der Waals surface area contributed by atoms with E-state index in [0.717, 1.165) is 5.76 Å². The van der Waals surface area contributed by atoms with Crippen molar-refractivity contribution in [1.29, 1.82) is 0 Å². The summed E-state index contributed by atoms with van der Waals surface area (Å²) in [4.78, 5) is 0. The highest BCUT2D eigenvalue weighted by Gasteiger charge is 2.53. The van der Waals surface area contributed by atoms with E-state index in [2.05, 4.69) is 15.9 Å². The lowest BCUT2D eigenvalue weighted by Crippen LogP contribution is -2.41. The van der Waals surface area contributed by atoms with Gasteiger partial charge >= 0.3 is 7.12 Å². The van der Waals surface area contributed by atoms with Crippen molar-refractivity contribution in [3.63, 3.8) is 0 Å². The van der Waals surface area contributed by atoms with E-state index in [1.807, 2.05) is 27.7 Å².